The first-order valence-electron chi connectivity index (χ1n) is 9.08. The van der Waals surface area contributed by atoms with Crippen molar-refractivity contribution in [2.45, 2.75) is 25.0 Å². The van der Waals surface area contributed by atoms with Gasteiger partial charge in [-0.05, 0) is 42.7 Å². The van der Waals surface area contributed by atoms with Crippen molar-refractivity contribution in [3.8, 4) is 11.4 Å². The van der Waals surface area contributed by atoms with Crippen LogP contribution in [0.5, 0.6) is 0 Å². The predicted molar refractivity (Wildman–Crippen MR) is 96.4 cm³/mol. The number of hydrogen-bond acceptors (Lipinski definition) is 6. The van der Waals surface area contributed by atoms with E-state index in [2.05, 4.69) is 20.6 Å². The predicted octanol–water partition coefficient (Wildman–Crippen LogP) is 1.58. The number of anilines is 1. The Morgan fingerprint density at radius 3 is 2.62 bits per heavy atom. The second kappa shape index (κ2) is 6.03. The van der Waals surface area contributed by atoms with Crippen LogP contribution >= 0.6 is 0 Å². The first-order chi connectivity index (χ1) is 12.7. The largest absolute Gasteiger partial charge is 0.390 e. The Morgan fingerprint density at radius 1 is 1.00 bits per heavy atom. The third-order valence-corrected chi connectivity index (χ3v) is 5.90. The maximum atomic E-state index is 10.1. The third kappa shape index (κ3) is 2.47. The Labute approximate surface area is 150 Å². The first-order valence-corrected chi connectivity index (χ1v) is 9.08. The molecule has 26 heavy (non-hydrogen) atoms. The highest BCUT2D eigenvalue weighted by Crippen LogP contribution is 2.48. The Balaban J connectivity index is 1.36. The number of aliphatic hydroxyl groups is 2. The molecule has 7 heteroatoms. The lowest BCUT2D eigenvalue weighted by atomic mass is 9.85. The van der Waals surface area contributed by atoms with Crippen LogP contribution in [0.2, 0.25) is 0 Å². The molecule has 134 valence electrons. The van der Waals surface area contributed by atoms with Crippen molar-refractivity contribution in [2.75, 3.05) is 11.9 Å². The van der Waals surface area contributed by atoms with E-state index in [9.17, 15) is 10.2 Å². The highest BCUT2D eigenvalue weighted by molar-refractivity contribution is 5.59. The van der Waals surface area contributed by atoms with Crippen molar-refractivity contribution < 1.29 is 10.2 Å². The standard InChI is InChI=1S/C19H21N5O2/c25-17-12-8-13(14(9-12)18(17)26)10-20-15-6-7-16-21-22-19(24(16)23-15)11-4-2-1-3-5-11/h1-7,12-14,17-18,25-26H,8-10H2,(H,20,23)/t12-,13-,14-,17+,18-/m1/s1. The summed E-state index contributed by atoms with van der Waals surface area (Å²) in [5, 5.41) is 36.5. The SMILES string of the molecule is O[C@H]1[C@@H]2C[C@H](CNc3ccc4nnc(-c5ccccc5)n4n3)[C@@H](C2)[C@H]1O. The minimum absolute atomic E-state index is 0.182. The molecular weight excluding hydrogens is 330 g/mol. The molecule has 0 amide bonds. The molecule has 5 atom stereocenters. The molecule has 0 radical (unpaired) electrons. The van der Waals surface area contributed by atoms with Crippen molar-refractivity contribution in [3.63, 3.8) is 0 Å². The van der Waals surface area contributed by atoms with E-state index in [1.165, 1.54) is 0 Å². The Hall–Kier alpha value is -2.51. The number of rotatable bonds is 4. The van der Waals surface area contributed by atoms with E-state index < -0.39 is 12.2 Å². The van der Waals surface area contributed by atoms with Crippen molar-refractivity contribution in [3.05, 3.63) is 42.5 Å². The molecule has 5 rings (SSSR count). The molecule has 7 nitrogen and oxygen atoms in total. The van der Waals surface area contributed by atoms with Crippen LogP contribution in [0.15, 0.2) is 42.5 Å². The van der Waals surface area contributed by atoms with E-state index in [1.54, 1.807) is 4.52 Å². The van der Waals surface area contributed by atoms with Gasteiger partial charge in [-0.2, -0.15) is 4.52 Å². The van der Waals surface area contributed by atoms with Gasteiger partial charge < -0.3 is 15.5 Å². The average Bonchev–Trinajstić information content (AvgIpc) is 3.35. The zero-order valence-electron chi connectivity index (χ0n) is 14.2. The summed E-state index contributed by atoms with van der Waals surface area (Å²) in [7, 11) is 0. The van der Waals surface area contributed by atoms with Crippen LogP contribution in [0.3, 0.4) is 0 Å². The zero-order chi connectivity index (χ0) is 17.7. The minimum Gasteiger partial charge on any atom is -0.390 e. The molecule has 2 heterocycles. The lowest BCUT2D eigenvalue weighted by molar-refractivity contribution is -0.0317. The van der Waals surface area contributed by atoms with E-state index in [4.69, 9.17) is 0 Å². The fraction of sp³-hybridized carbons (Fsp3) is 0.421. The van der Waals surface area contributed by atoms with Crippen LogP contribution in [-0.2, 0) is 0 Å². The van der Waals surface area contributed by atoms with Gasteiger partial charge in [-0.1, -0.05) is 30.3 Å². The van der Waals surface area contributed by atoms with E-state index in [0.29, 0.717) is 17.4 Å². The number of benzene rings is 1. The normalized spacial score (nSPS) is 30.2. The molecule has 0 spiro atoms. The number of fused-ring (bicyclic) bond motifs is 3. The Kier molecular flexibility index (Phi) is 3.65. The van der Waals surface area contributed by atoms with E-state index in [0.717, 1.165) is 30.8 Å². The molecular formula is C19H21N5O2. The van der Waals surface area contributed by atoms with Gasteiger partial charge in [-0.25, -0.2) is 0 Å². The maximum absolute atomic E-state index is 10.1. The number of nitrogens with zero attached hydrogens (tertiary/aromatic N) is 4. The Bertz CT molecular complexity index is 926. The number of nitrogens with one attached hydrogen (secondary N) is 1. The topological polar surface area (TPSA) is 95.6 Å². The maximum Gasteiger partial charge on any atom is 0.185 e. The monoisotopic (exact) mass is 351 g/mol. The highest BCUT2D eigenvalue weighted by atomic mass is 16.3. The first kappa shape index (κ1) is 15.7. The van der Waals surface area contributed by atoms with Gasteiger partial charge in [0.2, 0.25) is 0 Å². The van der Waals surface area contributed by atoms with Crippen molar-refractivity contribution in [1.29, 1.82) is 0 Å². The molecule has 2 fully saturated rings. The number of hydrogen-bond donors (Lipinski definition) is 3. The summed E-state index contributed by atoms with van der Waals surface area (Å²) in [4.78, 5) is 0. The quantitative estimate of drug-likeness (QED) is 0.661. The molecule has 1 aromatic carbocycles. The van der Waals surface area contributed by atoms with Crippen LogP contribution < -0.4 is 5.32 Å². The molecule has 2 aliphatic carbocycles. The number of aliphatic hydroxyl groups excluding tert-OH is 2. The van der Waals surface area contributed by atoms with Crippen LogP contribution in [-0.4, -0.2) is 48.8 Å². The summed E-state index contributed by atoms with van der Waals surface area (Å²) in [5.74, 6) is 2.25. The summed E-state index contributed by atoms with van der Waals surface area (Å²) in [6.07, 6.45) is 0.750. The van der Waals surface area contributed by atoms with Crippen LogP contribution in [0.4, 0.5) is 5.82 Å². The van der Waals surface area contributed by atoms with Gasteiger partial charge in [0.25, 0.3) is 0 Å². The van der Waals surface area contributed by atoms with Gasteiger partial charge >= 0.3 is 0 Å². The van der Waals surface area contributed by atoms with Gasteiger partial charge in [0, 0.05) is 12.1 Å². The fourth-order valence-corrected chi connectivity index (χ4v) is 4.55. The van der Waals surface area contributed by atoms with Gasteiger partial charge in [-0.3, -0.25) is 0 Å². The summed E-state index contributed by atoms with van der Waals surface area (Å²) in [6, 6.07) is 13.7. The van der Waals surface area contributed by atoms with Crippen molar-refractivity contribution in [1.82, 2.24) is 19.8 Å². The van der Waals surface area contributed by atoms with Crippen molar-refractivity contribution in [2.24, 2.45) is 17.8 Å². The smallest absolute Gasteiger partial charge is 0.185 e. The minimum atomic E-state index is -0.585. The van der Waals surface area contributed by atoms with Crippen molar-refractivity contribution >= 4 is 11.5 Å². The molecule has 2 aromatic heterocycles. The lowest BCUT2D eigenvalue weighted by Crippen LogP contribution is -2.38. The summed E-state index contributed by atoms with van der Waals surface area (Å²) >= 11 is 0. The molecule has 0 saturated heterocycles. The second-order valence-electron chi connectivity index (χ2n) is 7.40. The lowest BCUT2D eigenvalue weighted by Gasteiger charge is -2.29. The van der Waals surface area contributed by atoms with E-state index in [-0.39, 0.29) is 11.8 Å². The van der Waals surface area contributed by atoms with E-state index >= 15 is 0 Å². The van der Waals surface area contributed by atoms with Gasteiger partial charge in [0.05, 0.1) is 12.2 Å². The summed E-state index contributed by atoms with van der Waals surface area (Å²) < 4.78 is 1.75. The second-order valence-corrected chi connectivity index (χ2v) is 7.40. The molecule has 2 saturated carbocycles. The zero-order valence-corrected chi connectivity index (χ0v) is 14.2. The molecule has 3 aromatic rings. The Morgan fingerprint density at radius 2 is 1.85 bits per heavy atom. The van der Waals surface area contributed by atoms with Gasteiger partial charge in [0.15, 0.2) is 11.5 Å². The molecule has 3 N–H and O–H groups in total. The van der Waals surface area contributed by atoms with Crippen LogP contribution in [0.25, 0.3) is 17.0 Å². The molecule has 2 bridgehead atoms. The summed E-state index contributed by atoms with van der Waals surface area (Å²) in [6.45, 7) is 0.742. The molecule has 0 unspecified atom stereocenters. The molecule has 2 aliphatic rings. The third-order valence-electron chi connectivity index (χ3n) is 5.90. The summed E-state index contributed by atoms with van der Waals surface area (Å²) in [5.41, 5.74) is 1.67. The average molecular weight is 351 g/mol. The molecule has 0 aliphatic heterocycles. The van der Waals surface area contributed by atoms with Gasteiger partial charge in [0.1, 0.15) is 5.82 Å². The van der Waals surface area contributed by atoms with Gasteiger partial charge in [-0.15, -0.1) is 15.3 Å². The van der Waals surface area contributed by atoms with Crippen LogP contribution in [0, 0.1) is 17.8 Å². The number of aromatic nitrogens is 4. The fourth-order valence-electron chi connectivity index (χ4n) is 4.55. The van der Waals surface area contributed by atoms with Crippen LogP contribution in [0.1, 0.15) is 12.8 Å². The van der Waals surface area contributed by atoms with E-state index in [1.807, 2.05) is 42.5 Å². The highest BCUT2D eigenvalue weighted by Gasteiger charge is 2.51.